The second-order valence-corrected chi connectivity index (χ2v) is 13.3. The fraction of sp³-hybridized carbons (Fsp3) is 0.533. The fourth-order valence-electron chi connectivity index (χ4n) is 4.71. The number of carbonyl (C=O) groups excluding carboxylic acids is 2. The highest BCUT2D eigenvalue weighted by Crippen LogP contribution is 2.42. The van der Waals surface area contributed by atoms with E-state index in [0.717, 1.165) is 33.1 Å². The van der Waals surface area contributed by atoms with Crippen LogP contribution in [0.2, 0.25) is 0 Å². The molecule has 0 radical (unpaired) electrons. The first-order valence-corrected chi connectivity index (χ1v) is 16.0. The number of alkyl halides is 2. The van der Waals surface area contributed by atoms with Crippen LogP contribution in [0.4, 0.5) is 8.78 Å². The van der Waals surface area contributed by atoms with E-state index in [4.69, 9.17) is 0 Å². The molecule has 1 unspecified atom stereocenters. The number of halogens is 2. The highest BCUT2D eigenvalue weighted by Gasteiger charge is 2.44. The van der Waals surface area contributed by atoms with Crippen LogP contribution in [0.5, 0.6) is 11.5 Å². The number of hydrogen-bond acceptors (Lipinski definition) is 8. The van der Waals surface area contributed by atoms with Crippen LogP contribution in [0, 0.1) is 11.8 Å². The van der Waals surface area contributed by atoms with Gasteiger partial charge in [-0.1, -0.05) is 64.4 Å². The van der Waals surface area contributed by atoms with E-state index in [-0.39, 0.29) is 48.4 Å². The van der Waals surface area contributed by atoms with Gasteiger partial charge in [-0.15, -0.1) is 8.78 Å². The second kappa shape index (κ2) is 15.1. The number of fused-ring (bicyclic) bond motifs is 1. The lowest BCUT2D eigenvalue weighted by Crippen LogP contribution is -2.60. The Labute approximate surface area is 257 Å². The lowest BCUT2D eigenvalue weighted by molar-refractivity contribution is -0.286. The fourth-order valence-corrected chi connectivity index (χ4v) is 6.35. The molecule has 0 aromatic heterocycles. The van der Waals surface area contributed by atoms with Crippen LogP contribution in [0.15, 0.2) is 53.4 Å². The van der Waals surface area contributed by atoms with Crippen LogP contribution >= 0.6 is 0 Å². The molecular weight excluding hydrogens is 598 g/mol. The number of amides is 2. The Kier molecular flexibility index (Phi) is 12.1. The molecule has 2 aromatic rings. The van der Waals surface area contributed by atoms with E-state index in [9.17, 15) is 31.9 Å². The summed E-state index contributed by atoms with van der Waals surface area (Å²) in [5, 5.41) is 15.6. The second-order valence-electron chi connectivity index (χ2n) is 11.4. The van der Waals surface area contributed by atoms with Crippen LogP contribution in [0.25, 0.3) is 0 Å². The number of ether oxygens (including phenoxy) is 2. The number of nitrogens with one attached hydrogen (secondary N) is 2. The monoisotopic (exact) mass is 640 g/mol. The Bertz CT molecular complexity index is 1380. The molecule has 0 fully saturated rings. The number of aliphatic hydroxyl groups excluding tert-OH is 1. The number of benzene rings is 2. The third-order valence-corrected chi connectivity index (χ3v) is 8.93. The molecule has 3 rings (SSSR count). The van der Waals surface area contributed by atoms with Crippen molar-refractivity contribution >= 4 is 21.8 Å². The van der Waals surface area contributed by atoms with Gasteiger partial charge in [0.15, 0.2) is 11.5 Å². The quantitative estimate of drug-likeness (QED) is 0.253. The zero-order valence-corrected chi connectivity index (χ0v) is 26.4. The number of rotatable bonds is 15. The van der Waals surface area contributed by atoms with Crippen molar-refractivity contribution in [1.29, 1.82) is 0 Å². The van der Waals surface area contributed by atoms with Crippen LogP contribution < -0.4 is 20.2 Å². The highest BCUT2D eigenvalue weighted by molar-refractivity contribution is 7.89. The van der Waals surface area contributed by atoms with Crippen molar-refractivity contribution in [3.05, 3.63) is 54.1 Å². The van der Waals surface area contributed by atoms with Crippen molar-refractivity contribution in [2.45, 2.75) is 70.3 Å². The largest absolute Gasteiger partial charge is 0.586 e. The maximum Gasteiger partial charge on any atom is 0.586 e. The zero-order valence-electron chi connectivity index (χ0n) is 25.6. The van der Waals surface area contributed by atoms with E-state index >= 15 is 0 Å². The Morgan fingerprint density at radius 2 is 1.68 bits per heavy atom. The topological polar surface area (TPSA) is 138 Å². The van der Waals surface area contributed by atoms with Crippen LogP contribution in [0.1, 0.15) is 46.1 Å². The summed E-state index contributed by atoms with van der Waals surface area (Å²) in [6, 6.07) is 11.1. The number of sulfonamides is 1. The SMILES string of the molecule is CC[C@H](C)CC(=O)N(NC(=O)CNC)C(Cc1ccccc1)[C@H](O)CN(CC(C)C)S(=O)(=O)c1ccc2c(c1)OC(F)(F)O2. The molecule has 1 heterocycles. The van der Waals surface area contributed by atoms with Crippen molar-refractivity contribution < 1.29 is 41.4 Å². The molecule has 11 nitrogen and oxygen atoms in total. The van der Waals surface area contributed by atoms with Gasteiger partial charge in [-0.25, -0.2) is 13.4 Å². The first-order valence-electron chi connectivity index (χ1n) is 14.5. The van der Waals surface area contributed by atoms with Crippen molar-refractivity contribution in [3.8, 4) is 11.5 Å². The Morgan fingerprint density at radius 3 is 2.30 bits per heavy atom. The molecule has 3 N–H and O–H groups in total. The molecule has 0 aliphatic carbocycles. The number of hydrogen-bond donors (Lipinski definition) is 3. The molecule has 1 aliphatic heterocycles. The van der Waals surface area contributed by atoms with Gasteiger partial charge in [0.05, 0.1) is 23.6 Å². The van der Waals surface area contributed by atoms with Gasteiger partial charge in [-0.05, 0) is 43.0 Å². The number of hydrazine groups is 1. The Balaban J connectivity index is 2.01. The predicted octanol–water partition coefficient (Wildman–Crippen LogP) is 3.14. The van der Waals surface area contributed by atoms with Gasteiger partial charge >= 0.3 is 6.29 Å². The molecule has 244 valence electrons. The first-order chi connectivity index (χ1) is 20.7. The number of likely N-dealkylation sites (N-methyl/N-ethyl adjacent to an activating group) is 1. The van der Waals surface area contributed by atoms with Crippen LogP contribution in [0.3, 0.4) is 0 Å². The van der Waals surface area contributed by atoms with E-state index in [1.165, 1.54) is 0 Å². The molecule has 14 heteroatoms. The minimum atomic E-state index is -4.36. The summed E-state index contributed by atoms with van der Waals surface area (Å²) in [6.45, 7) is 6.81. The van der Waals surface area contributed by atoms with E-state index in [1.807, 2.05) is 19.9 Å². The van der Waals surface area contributed by atoms with Crippen molar-refractivity contribution in [2.24, 2.45) is 11.8 Å². The summed E-state index contributed by atoms with van der Waals surface area (Å²) in [5.74, 6) is -1.90. The van der Waals surface area contributed by atoms with Gasteiger partial charge in [-0.2, -0.15) is 4.31 Å². The smallest absolute Gasteiger partial charge is 0.395 e. The van der Waals surface area contributed by atoms with E-state index in [1.54, 1.807) is 45.2 Å². The molecule has 3 atom stereocenters. The molecule has 0 saturated heterocycles. The summed E-state index contributed by atoms with van der Waals surface area (Å²) in [7, 11) is -2.79. The number of carbonyl (C=O) groups is 2. The summed E-state index contributed by atoms with van der Waals surface area (Å²) in [6.07, 6.45) is -4.51. The van der Waals surface area contributed by atoms with Crippen LogP contribution in [-0.4, -0.2) is 79.8 Å². The average Bonchev–Trinajstić information content (AvgIpc) is 3.27. The molecule has 1 aliphatic rings. The van der Waals surface area contributed by atoms with E-state index < -0.39 is 52.6 Å². The van der Waals surface area contributed by atoms with Crippen LogP contribution in [-0.2, 0) is 26.0 Å². The molecule has 44 heavy (non-hydrogen) atoms. The predicted molar refractivity (Wildman–Crippen MR) is 159 cm³/mol. The van der Waals surface area contributed by atoms with Gasteiger partial charge in [0.25, 0.3) is 5.91 Å². The Morgan fingerprint density at radius 1 is 1.02 bits per heavy atom. The van der Waals surface area contributed by atoms with Crippen molar-refractivity contribution in [3.63, 3.8) is 0 Å². The summed E-state index contributed by atoms with van der Waals surface area (Å²) < 4.78 is 64.9. The van der Waals surface area contributed by atoms with Gasteiger partial charge in [0, 0.05) is 25.6 Å². The maximum atomic E-state index is 13.9. The standard InChI is InChI=1S/C30H42F2N4O7S/c1-6-21(4)14-29(39)36(34-28(38)17-33-5)24(15-22-10-8-7-9-11-22)25(37)19-35(18-20(2)3)44(40,41)23-12-13-26-27(16-23)43-30(31,32)42-26/h7-13,16,20-21,24-25,33,37H,6,14-15,17-19H2,1-5H3,(H,34,38)/t21-,24?,25+/m0/s1. The minimum Gasteiger partial charge on any atom is -0.395 e. The number of nitrogens with zero attached hydrogens (tertiary/aromatic N) is 2. The normalized spacial score (nSPS) is 16.0. The van der Waals surface area contributed by atoms with Gasteiger partial charge in [0.2, 0.25) is 15.9 Å². The highest BCUT2D eigenvalue weighted by atomic mass is 32.2. The molecule has 2 amide bonds. The zero-order chi connectivity index (χ0) is 32.7. The molecule has 0 saturated carbocycles. The molecule has 0 bridgehead atoms. The molecule has 0 spiro atoms. The minimum absolute atomic E-state index is 0.0167. The Hall–Kier alpha value is -3.33. The van der Waals surface area contributed by atoms with E-state index in [2.05, 4.69) is 20.2 Å². The first kappa shape index (κ1) is 35.2. The van der Waals surface area contributed by atoms with Crippen molar-refractivity contribution in [1.82, 2.24) is 20.1 Å². The summed E-state index contributed by atoms with van der Waals surface area (Å²) in [5.41, 5.74) is 3.37. The third kappa shape index (κ3) is 9.34. The summed E-state index contributed by atoms with van der Waals surface area (Å²) >= 11 is 0. The van der Waals surface area contributed by atoms with Gasteiger partial charge in [-0.3, -0.25) is 15.0 Å². The van der Waals surface area contributed by atoms with E-state index in [0.29, 0.717) is 6.42 Å². The average molecular weight is 641 g/mol. The lowest BCUT2D eigenvalue weighted by atomic mass is 9.98. The lowest BCUT2D eigenvalue weighted by Gasteiger charge is -2.37. The third-order valence-electron chi connectivity index (χ3n) is 7.10. The molecular formula is C30H42F2N4O7S. The molecule has 2 aromatic carbocycles. The van der Waals surface area contributed by atoms with Crippen molar-refractivity contribution in [2.75, 3.05) is 26.7 Å². The number of aliphatic hydroxyl groups is 1. The maximum absolute atomic E-state index is 13.9. The van der Waals surface area contributed by atoms with Gasteiger partial charge in [0.1, 0.15) is 0 Å². The summed E-state index contributed by atoms with van der Waals surface area (Å²) in [4.78, 5) is 26.0. The van der Waals surface area contributed by atoms with Gasteiger partial charge < -0.3 is 19.9 Å².